The van der Waals surface area contributed by atoms with E-state index in [1.54, 1.807) is 0 Å². The number of rotatable bonds is 0. The van der Waals surface area contributed by atoms with Crippen LogP contribution in [0.2, 0.25) is 0 Å². The van der Waals surface area contributed by atoms with Gasteiger partial charge in [-0.2, -0.15) is 0 Å². The Balaban J connectivity index is 2.32. The lowest BCUT2D eigenvalue weighted by Crippen LogP contribution is -2.50. The van der Waals surface area contributed by atoms with Gasteiger partial charge in [0.05, 0.1) is 0 Å². The first-order chi connectivity index (χ1) is 1.73. The third kappa shape index (κ3) is 101. The second-order valence-corrected chi connectivity index (χ2v) is 0.289. The van der Waals surface area contributed by atoms with E-state index in [-0.39, 0.29) is 0 Å². The highest BCUT2D eigenvalue weighted by Gasteiger charge is 1.15. The molecular formula is CHO3-3. The molecule has 0 atom stereocenters. The van der Waals surface area contributed by atoms with Gasteiger partial charge >= 0.3 is 0 Å². The fraction of sp³-hybridized carbons (Fsp3) is 1.00. The molecule has 0 aliphatic heterocycles. The summed E-state index contributed by atoms with van der Waals surface area (Å²) < 4.78 is 0. The smallest absolute Gasteiger partial charge is 0.334 e. The zero-order chi connectivity index (χ0) is 3.58. The molecule has 0 radical (unpaired) electrons. The maximum atomic E-state index is 8.42. The van der Waals surface area contributed by atoms with Gasteiger partial charge in [-0.3, -0.25) is 0 Å². The van der Waals surface area contributed by atoms with Crippen LogP contribution in [0.25, 0.3) is 0 Å². The number of hydrogen-bond donors (Lipinski definition) is 0. The molecule has 0 bridgehead atoms. The first-order valence-electron chi connectivity index (χ1n) is 0.707. The average molecular weight is 61.0 g/mol. The molecule has 0 saturated carbocycles. The van der Waals surface area contributed by atoms with Crippen LogP contribution in [0.4, 0.5) is 0 Å². The lowest BCUT2D eigenvalue weighted by molar-refractivity contribution is -0.838. The van der Waals surface area contributed by atoms with Crippen LogP contribution in [0.1, 0.15) is 0 Å². The Morgan fingerprint density at radius 1 is 1.00 bits per heavy atom. The van der Waals surface area contributed by atoms with Crippen LogP contribution >= 0.6 is 0 Å². The van der Waals surface area contributed by atoms with Gasteiger partial charge in [0.1, 0.15) is 0 Å². The standard InChI is InChI=1S/CHO3/c2-1(3)4/h1H/q-3. The Bertz CT molecular complexity index is 8.00. The fourth-order valence-electron chi connectivity index (χ4n) is 0. The van der Waals surface area contributed by atoms with Crippen molar-refractivity contribution in [2.75, 3.05) is 0 Å². The third-order valence-corrected chi connectivity index (χ3v) is 0. The quantitative estimate of drug-likeness (QED) is 0.271. The summed E-state index contributed by atoms with van der Waals surface area (Å²) in [4.78, 5) is 0. The number of hydrogen-bond acceptors (Lipinski definition) is 3. The van der Waals surface area contributed by atoms with E-state index in [2.05, 4.69) is 0 Å². The van der Waals surface area contributed by atoms with E-state index < -0.39 is 6.48 Å². The summed E-state index contributed by atoms with van der Waals surface area (Å²) in [6, 6.07) is 0. The Labute approximate surface area is 23.1 Å². The summed E-state index contributed by atoms with van der Waals surface area (Å²) in [5.74, 6) is 0. The van der Waals surface area contributed by atoms with Gasteiger partial charge in [0, 0.05) is 0 Å². The predicted octanol–water partition coefficient (Wildman–Crippen LogP) is -3.65. The van der Waals surface area contributed by atoms with E-state index >= 15 is 0 Å². The molecule has 0 saturated heterocycles. The van der Waals surface area contributed by atoms with Crippen molar-refractivity contribution in [3.63, 3.8) is 0 Å². The molecule has 3 nitrogen and oxygen atoms in total. The van der Waals surface area contributed by atoms with Crippen molar-refractivity contribution in [1.82, 2.24) is 0 Å². The molecule has 0 spiro atoms. The topological polar surface area (TPSA) is 69.2 Å². The average Bonchev–Trinajstić information content (AvgIpc) is 0.811. The summed E-state index contributed by atoms with van der Waals surface area (Å²) in [7, 11) is 0. The van der Waals surface area contributed by atoms with Crippen LogP contribution in [0, 0.1) is 0 Å². The zero-order valence-corrected chi connectivity index (χ0v) is 1.80. The molecule has 0 unspecified atom stereocenters. The Hall–Kier alpha value is -0.120. The molecule has 0 amide bonds. The van der Waals surface area contributed by atoms with Crippen molar-refractivity contribution in [3.05, 3.63) is 0 Å². The summed E-state index contributed by atoms with van der Waals surface area (Å²) in [5.41, 5.74) is 0. The summed E-state index contributed by atoms with van der Waals surface area (Å²) in [6.45, 7) is -2.92. The fourth-order valence-corrected chi connectivity index (χ4v) is 0. The molecule has 0 aliphatic carbocycles. The monoisotopic (exact) mass is 61.0 g/mol. The van der Waals surface area contributed by atoms with Crippen molar-refractivity contribution in [2.45, 2.75) is 6.48 Å². The maximum Gasteiger partial charge on any atom is -0.334 e. The molecule has 0 aliphatic rings. The minimum absolute atomic E-state index is 2.92. The van der Waals surface area contributed by atoms with Gasteiger partial charge in [-0.15, -0.1) is 0 Å². The first kappa shape index (κ1) is 3.88. The van der Waals surface area contributed by atoms with Gasteiger partial charge in [-0.25, -0.2) is 0 Å². The van der Waals surface area contributed by atoms with Gasteiger partial charge in [-0.05, 0) is 0 Å². The van der Waals surface area contributed by atoms with E-state index in [0.29, 0.717) is 0 Å². The summed E-state index contributed by atoms with van der Waals surface area (Å²) >= 11 is 0. The van der Waals surface area contributed by atoms with Crippen molar-refractivity contribution in [1.29, 1.82) is 0 Å². The van der Waals surface area contributed by atoms with Crippen LogP contribution in [-0.4, -0.2) is 6.48 Å². The van der Waals surface area contributed by atoms with Crippen LogP contribution in [-0.2, 0) is 0 Å². The minimum Gasteiger partial charge on any atom is -0.879 e. The first-order valence-corrected chi connectivity index (χ1v) is 0.707. The highest BCUT2D eigenvalue weighted by Crippen LogP contribution is 1.10. The third-order valence-electron chi connectivity index (χ3n) is 0. The van der Waals surface area contributed by atoms with E-state index in [4.69, 9.17) is 15.3 Å². The summed E-state index contributed by atoms with van der Waals surface area (Å²) in [5, 5.41) is 25.2. The van der Waals surface area contributed by atoms with Gasteiger partial charge in [0.25, 0.3) is 0 Å². The molecule has 4 heavy (non-hydrogen) atoms. The molecule has 0 aromatic rings. The van der Waals surface area contributed by atoms with Crippen molar-refractivity contribution >= 4 is 0 Å². The molecule has 3 heteroatoms. The van der Waals surface area contributed by atoms with E-state index in [1.165, 1.54) is 0 Å². The largest absolute Gasteiger partial charge is 0.879 e. The molecule has 0 heterocycles. The molecule has 26 valence electrons. The van der Waals surface area contributed by atoms with E-state index in [9.17, 15) is 0 Å². The summed E-state index contributed by atoms with van der Waals surface area (Å²) in [6.07, 6.45) is 0. The molecule has 0 fully saturated rings. The predicted molar refractivity (Wildman–Crippen MR) is 3.79 cm³/mol. The molecular weight excluding hydrogens is 60.0 g/mol. The van der Waals surface area contributed by atoms with Crippen LogP contribution in [0.3, 0.4) is 0 Å². The highest BCUT2D eigenvalue weighted by molar-refractivity contribution is 3.57. The highest BCUT2D eigenvalue weighted by atomic mass is 16.6. The van der Waals surface area contributed by atoms with Crippen molar-refractivity contribution in [3.8, 4) is 0 Å². The van der Waals surface area contributed by atoms with E-state index in [0.717, 1.165) is 0 Å². The van der Waals surface area contributed by atoms with Gasteiger partial charge in [0.15, 0.2) is 0 Å². The zero-order valence-electron chi connectivity index (χ0n) is 1.80. The second-order valence-electron chi connectivity index (χ2n) is 0.289. The lowest BCUT2D eigenvalue weighted by atomic mass is 11.4. The van der Waals surface area contributed by atoms with Crippen LogP contribution in [0.15, 0.2) is 0 Å². The minimum atomic E-state index is -2.92. The lowest BCUT2D eigenvalue weighted by Gasteiger charge is -2.36. The van der Waals surface area contributed by atoms with Gasteiger partial charge < -0.3 is 21.8 Å². The normalized spacial score (nSPS) is 9.00. The Morgan fingerprint density at radius 2 is 1.00 bits per heavy atom. The molecule has 0 aromatic heterocycles. The van der Waals surface area contributed by atoms with E-state index in [1.807, 2.05) is 0 Å². The Kier molecular flexibility index (Phi) is 1.19. The van der Waals surface area contributed by atoms with Gasteiger partial charge in [0.2, 0.25) is 0 Å². The molecule has 0 rings (SSSR count). The molecule has 0 N–H and O–H groups in total. The van der Waals surface area contributed by atoms with Crippen LogP contribution < -0.4 is 15.3 Å². The van der Waals surface area contributed by atoms with Crippen LogP contribution in [0.5, 0.6) is 0 Å². The second kappa shape index (κ2) is 1.23. The molecule has 0 aromatic carbocycles. The maximum absolute atomic E-state index is 8.42. The Morgan fingerprint density at radius 3 is 1.00 bits per heavy atom. The van der Waals surface area contributed by atoms with Gasteiger partial charge in [-0.1, -0.05) is 0 Å². The van der Waals surface area contributed by atoms with Crippen molar-refractivity contribution < 1.29 is 15.3 Å². The van der Waals surface area contributed by atoms with Crippen molar-refractivity contribution in [2.24, 2.45) is 0 Å². The SMILES string of the molecule is [O-]C([O-])[O-].